The Morgan fingerprint density at radius 2 is 1.83 bits per heavy atom. The van der Waals surface area contributed by atoms with E-state index in [0.717, 1.165) is 0 Å². The molecule has 0 saturated heterocycles. The van der Waals surface area contributed by atoms with Crippen molar-refractivity contribution in [1.29, 1.82) is 0 Å². The summed E-state index contributed by atoms with van der Waals surface area (Å²) >= 11 is 5.64. The molecule has 0 bridgehead atoms. The molecule has 0 aliphatic heterocycles. The average molecular weight is 346 g/mol. The van der Waals surface area contributed by atoms with E-state index in [-0.39, 0.29) is 22.6 Å². The van der Waals surface area contributed by atoms with E-state index in [1.54, 1.807) is 19.1 Å². The maximum absolute atomic E-state index is 12.7. The number of anilines is 2. The van der Waals surface area contributed by atoms with E-state index in [4.69, 9.17) is 11.6 Å². The van der Waals surface area contributed by atoms with Crippen LogP contribution in [0.1, 0.15) is 36.7 Å². The zero-order valence-corrected chi connectivity index (χ0v) is 13.4. The molecule has 0 saturated carbocycles. The third-order valence-electron chi connectivity index (χ3n) is 3.21. The monoisotopic (exact) mass is 345 g/mol. The Balaban J connectivity index is 2.43. The van der Waals surface area contributed by atoms with Gasteiger partial charge in [0, 0.05) is 11.8 Å². The Kier molecular flexibility index (Phi) is 4.70. The van der Waals surface area contributed by atoms with E-state index in [1.165, 1.54) is 6.07 Å². The maximum atomic E-state index is 12.7. The van der Waals surface area contributed by atoms with Crippen molar-refractivity contribution in [1.82, 2.24) is 9.97 Å². The average Bonchev–Trinajstić information content (AvgIpc) is 2.39. The molecule has 0 aliphatic rings. The Bertz CT molecular complexity index is 733. The lowest BCUT2D eigenvalue weighted by atomic mass is 9.99. The molecule has 2 N–H and O–H groups in total. The fraction of sp³-hybridized carbons (Fsp3) is 0.333. The number of alkyl halides is 3. The van der Waals surface area contributed by atoms with Crippen LogP contribution in [-0.2, 0) is 6.18 Å². The molecule has 4 nitrogen and oxygen atoms in total. The van der Waals surface area contributed by atoms with Crippen LogP contribution in [0.15, 0.2) is 18.2 Å². The lowest BCUT2D eigenvalue weighted by Crippen LogP contribution is -2.12. The first kappa shape index (κ1) is 17.3. The second-order valence-electron chi connectivity index (χ2n) is 5.40. The Labute approximate surface area is 136 Å². The number of aromatic nitrogens is 2. The number of phenolic OH excluding ortho intramolecular Hbond substituents is 1. The van der Waals surface area contributed by atoms with Gasteiger partial charge in [-0.05, 0) is 36.1 Å². The predicted molar refractivity (Wildman–Crippen MR) is 82.3 cm³/mol. The molecule has 0 atom stereocenters. The number of hydrogen-bond acceptors (Lipinski definition) is 4. The van der Waals surface area contributed by atoms with Crippen molar-refractivity contribution in [3.05, 3.63) is 40.3 Å². The molecule has 1 heterocycles. The van der Waals surface area contributed by atoms with Crippen molar-refractivity contribution in [2.24, 2.45) is 0 Å². The summed E-state index contributed by atoms with van der Waals surface area (Å²) < 4.78 is 38.2. The van der Waals surface area contributed by atoms with Crippen LogP contribution in [0.5, 0.6) is 5.75 Å². The van der Waals surface area contributed by atoms with Crippen molar-refractivity contribution in [3.8, 4) is 5.75 Å². The standard InChI is InChI=1S/C15H15ClF3N3O/c1-7(2)9-5-10(8(3)4-11(9)23)20-13-6-12(16)21-14(22-13)15(17,18)19/h4-7,23H,1-3H3,(H,20,21,22). The first-order valence-corrected chi connectivity index (χ1v) is 7.18. The van der Waals surface area contributed by atoms with Gasteiger partial charge in [0.15, 0.2) is 0 Å². The van der Waals surface area contributed by atoms with Crippen LogP contribution >= 0.6 is 11.6 Å². The van der Waals surface area contributed by atoms with Crippen molar-refractivity contribution in [3.63, 3.8) is 0 Å². The van der Waals surface area contributed by atoms with Crippen molar-refractivity contribution in [2.45, 2.75) is 32.9 Å². The van der Waals surface area contributed by atoms with Crippen LogP contribution in [0.25, 0.3) is 0 Å². The third-order valence-corrected chi connectivity index (χ3v) is 3.40. The van der Waals surface area contributed by atoms with Crippen LogP contribution in [-0.4, -0.2) is 15.1 Å². The number of rotatable bonds is 3. The van der Waals surface area contributed by atoms with E-state index in [1.807, 2.05) is 13.8 Å². The quantitative estimate of drug-likeness (QED) is 0.605. The molecule has 0 unspecified atom stereocenters. The van der Waals surface area contributed by atoms with Gasteiger partial charge >= 0.3 is 6.18 Å². The van der Waals surface area contributed by atoms with Crippen molar-refractivity contribution in [2.75, 3.05) is 5.32 Å². The number of nitrogens with zero attached hydrogens (tertiary/aromatic N) is 2. The molecular weight excluding hydrogens is 331 g/mol. The first-order chi connectivity index (χ1) is 10.6. The van der Waals surface area contributed by atoms with Gasteiger partial charge in [-0.15, -0.1) is 0 Å². The summed E-state index contributed by atoms with van der Waals surface area (Å²) in [4.78, 5) is 6.62. The number of hydrogen-bond donors (Lipinski definition) is 2. The molecule has 124 valence electrons. The summed E-state index contributed by atoms with van der Waals surface area (Å²) in [5, 5.41) is 12.4. The number of nitrogens with one attached hydrogen (secondary N) is 1. The number of aromatic hydroxyl groups is 1. The lowest BCUT2D eigenvalue weighted by Gasteiger charge is -2.15. The highest BCUT2D eigenvalue weighted by atomic mass is 35.5. The van der Waals surface area contributed by atoms with E-state index >= 15 is 0 Å². The molecule has 1 aromatic heterocycles. The summed E-state index contributed by atoms with van der Waals surface area (Å²) in [6.45, 7) is 5.52. The second kappa shape index (κ2) is 6.23. The molecule has 0 fully saturated rings. The van der Waals surface area contributed by atoms with Gasteiger partial charge in [0.25, 0.3) is 0 Å². The Hall–Kier alpha value is -2.02. The number of aryl methyl sites for hydroxylation is 1. The van der Waals surface area contributed by atoms with Gasteiger partial charge < -0.3 is 10.4 Å². The number of benzene rings is 1. The molecule has 2 rings (SSSR count). The van der Waals surface area contributed by atoms with Crippen molar-refractivity contribution < 1.29 is 18.3 Å². The van der Waals surface area contributed by atoms with E-state index < -0.39 is 12.0 Å². The highest BCUT2D eigenvalue weighted by molar-refractivity contribution is 6.29. The molecule has 1 aromatic carbocycles. The third kappa shape index (κ3) is 4.04. The summed E-state index contributed by atoms with van der Waals surface area (Å²) in [7, 11) is 0. The Morgan fingerprint density at radius 3 is 2.39 bits per heavy atom. The zero-order valence-electron chi connectivity index (χ0n) is 12.7. The minimum atomic E-state index is -4.69. The van der Waals surface area contributed by atoms with Crippen LogP contribution in [0, 0.1) is 6.92 Å². The minimum Gasteiger partial charge on any atom is -0.508 e. The summed E-state index contributed by atoms with van der Waals surface area (Å²) in [5.74, 6) is -1.19. The normalized spacial score (nSPS) is 11.8. The minimum absolute atomic E-state index is 0.0517. The zero-order chi connectivity index (χ0) is 17.4. The fourth-order valence-electron chi connectivity index (χ4n) is 2.05. The molecule has 0 radical (unpaired) electrons. The van der Waals surface area contributed by atoms with Gasteiger partial charge in [-0.2, -0.15) is 13.2 Å². The van der Waals surface area contributed by atoms with Crippen LogP contribution < -0.4 is 5.32 Å². The molecule has 23 heavy (non-hydrogen) atoms. The lowest BCUT2D eigenvalue weighted by molar-refractivity contribution is -0.144. The molecule has 0 spiro atoms. The van der Waals surface area contributed by atoms with Gasteiger partial charge in [0.2, 0.25) is 5.82 Å². The van der Waals surface area contributed by atoms with Crippen molar-refractivity contribution >= 4 is 23.1 Å². The SMILES string of the molecule is Cc1cc(O)c(C(C)C)cc1Nc1cc(Cl)nc(C(F)(F)F)n1. The topological polar surface area (TPSA) is 58.0 Å². The smallest absolute Gasteiger partial charge is 0.451 e. The predicted octanol–water partition coefficient (Wildman–Crippen LogP) is 5.03. The van der Waals surface area contributed by atoms with Gasteiger partial charge in [0.1, 0.15) is 16.7 Å². The van der Waals surface area contributed by atoms with E-state index in [2.05, 4.69) is 15.3 Å². The molecule has 0 aliphatic carbocycles. The largest absolute Gasteiger partial charge is 0.508 e. The van der Waals surface area contributed by atoms with E-state index in [9.17, 15) is 18.3 Å². The highest BCUT2D eigenvalue weighted by Gasteiger charge is 2.35. The maximum Gasteiger partial charge on any atom is 0.451 e. The number of halogens is 4. The van der Waals surface area contributed by atoms with Gasteiger partial charge in [-0.1, -0.05) is 25.4 Å². The molecule has 0 amide bonds. The van der Waals surface area contributed by atoms with Gasteiger partial charge in [-0.3, -0.25) is 0 Å². The van der Waals surface area contributed by atoms with Gasteiger partial charge in [0.05, 0.1) is 0 Å². The summed E-state index contributed by atoms with van der Waals surface area (Å²) in [6.07, 6.45) is -4.69. The van der Waals surface area contributed by atoms with E-state index in [0.29, 0.717) is 16.8 Å². The first-order valence-electron chi connectivity index (χ1n) is 6.80. The van der Waals surface area contributed by atoms with Gasteiger partial charge in [-0.25, -0.2) is 9.97 Å². The number of phenols is 1. The second-order valence-corrected chi connectivity index (χ2v) is 5.79. The Morgan fingerprint density at radius 1 is 1.17 bits per heavy atom. The van der Waals surface area contributed by atoms with Crippen LogP contribution in [0.3, 0.4) is 0 Å². The summed E-state index contributed by atoms with van der Waals surface area (Å²) in [6, 6.07) is 4.43. The van der Waals surface area contributed by atoms with Crippen LogP contribution in [0.4, 0.5) is 24.7 Å². The molecular formula is C15H15ClF3N3O. The highest BCUT2D eigenvalue weighted by Crippen LogP contribution is 2.33. The van der Waals surface area contributed by atoms with Crippen LogP contribution in [0.2, 0.25) is 5.15 Å². The molecule has 8 heteroatoms. The fourth-order valence-corrected chi connectivity index (χ4v) is 2.24. The summed E-state index contributed by atoms with van der Waals surface area (Å²) in [5.41, 5.74) is 1.87. The molecule has 2 aromatic rings.